The molecular weight excluding hydrogens is 284 g/mol. The first kappa shape index (κ1) is 16.5. The van der Waals surface area contributed by atoms with Gasteiger partial charge in [-0.15, -0.1) is 0 Å². The molecule has 1 aliphatic heterocycles. The van der Waals surface area contributed by atoms with Gasteiger partial charge >= 0.3 is 5.97 Å². The lowest BCUT2D eigenvalue weighted by Crippen LogP contribution is -2.47. The molecule has 0 radical (unpaired) electrons. The summed E-state index contributed by atoms with van der Waals surface area (Å²) in [5.41, 5.74) is 0. The number of nitrogens with zero attached hydrogens (tertiary/aromatic N) is 4. The summed E-state index contributed by atoms with van der Waals surface area (Å²) in [7, 11) is 4.09. The highest BCUT2D eigenvalue weighted by atomic mass is 16.4. The standard InChI is InChI=1S/C15H24N4O3/c1-17(2)12-4-3-8-19(10-12)14(20)6-5-13-16-7-9-18(13)11-15(21)22/h7,9,12H,3-6,8,10-11H2,1-2H3,(H,21,22). The monoisotopic (exact) mass is 308 g/mol. The molecule has 1 amide bonds. The van der Waals surface area contributed by atoms with Gasteiger partial charge < -0.3 is 19.5 Å². The molecule has 0 bridgehead atoms. The van der Waals surface area contributed by atoms with Gasteiger partial charge in [0.05, 0.1) is 0 Å². The maximum absolute atomic E-state index is 12.3. The molecule has 2 heterocycles. The molecule has 1 aromatic heterocycles. The Morgan fingerprint density at radius 2 is 2.23 bits per heavy atom. The number of hydrogen-bond acceptors (Lipinski definition) is 4. The van der Waals surface area contributed by atoms with Crippen molar-refractivity contribution in [3.8, 4) is 0 Å². The van der Waals surface area contributed by atoms with Crippen molar-refractivity contribution in [2.75, 3.05) is 27.2 Å². The maximum atomic E-state index is 12.3. The number of aryl methyl sites for hydroxylation is 1. The number of hydrogen-bond donors (Lipinski definition) is 1. The van der Waals surface area contributed by atoms with Crippen LogP contribution in [0.15, 0.2) is 12.4 Å². The van der Waals surface area contributed by atoms with Gasteiger partial charge in [0.2, 0.25) is 5.91 Å². The number of likely N-dealkylation sites (N-methyl/N-ethyl adjacent to an activating group) is 1. The average Bonchev–Trinajstić information content (AvgIpc) is 2.91. The maximum Gasteiger partial charge on any atom is 0.323 e. The van der Waals surface area contributed by atoms with Gasteiger partial charge in [-0.1, -0.05) is 0 Å². The van der Waals surface area contributed by atoms with Gasteiger partial charge in [-0.25, -0.2) is 4.98 Å². The molecule has 1 unspecified atom stereocenters. The molecule has 0 aliphatic carbocycles. The van der Waals surface area contributed by atoms with Crippen LogP contribution >= 0.6 is 0 Å². The lowest BCUT2D eigenvalue weighted by Gasteiger charge is -2.36. The molecule has 1 saturated heterocycles. The molecule has 1 fully saturated rings. The number of carboxylic acids is 1. The van der Waals surface area contributed by atoms with Crippen LogP contribution < -0.4 is 0 Å². The van der Waals surface area contributed by atoms with Crippen molar-refractivity contribution in [1.29, 1.82) is 0 Å². The summed E-state index contributed by atoms with van der Waals surface area (Å²) < 4.78 is 1.58. The smallest absolute Gasteiger partial charge is 0.323 e. The van der Waals surface area contributed by atoms with E-state index in [4.69, 9.17) is 5.11 Å². The summed E-state index contributed by atoms with van der Waals surface area (Å²) in [5, 5.41) is 8.84. The Morgan fingerprint density at radius 1 is 1.45 bits per heavy atom. The minimum Gasteiger partial charge on any atom is -0.480 e. The van der Waals surface area contributed by atoms with Crippen LogP contribution in [-0.4, -0.2) is 69.6 Å². The number of imidazole rings is 1. The highest BCUT2D eigenvalue weighted by Crippen LogP contribution is 2.15. The van der Waals surface area contributed by atoms with Crippen LogP contribution in [0.1, 0.15) is 25.1 Å². The zero-order valence-corrected chi connectivity index (χ0v) is 13.2. The Balaban J connectivity index is 1.87. The summed E-state index contributed by atoms with van der Waals surface area (Å²) in [5.74, 6) is -0.135. The van der Waals surface area contributed by atoms with E-state index >= 15 is 0 Å². The van der Waals surface area contributed by atoms with Crippen molar-refractivity contribution < 1.29 is 14.7 Å². The van der Waals surface area contributed by atoms with Crippen LogP contribution in [0.3, 0.4) is 0 Å². The van der Waals surface area contributed by atoms with E-state index in [0.717, 1.165) is 25.9 Å². The largest absolute Gasteiger partial charge is 0.480 e. The average molecular weight is 308 g/mol. The van der Waals surface area contributed by atoms with E-state index in [1.807, 2.05) is 19.0 Å². The quantitative estimate of drug-likeness (QED) is 0.825. The zero-order chi connectivity index (χ0) is 16.1. The lowest BCUT2D eigenvalue weighted by atomic mass is 10.0. The summed E-state index contributed by atoms with van der Waals surface area (Å²) >= 11 is 0. The highest BCUT2D eigenvalue weighted by molar-refractivity contribution is 5.76. The van der Waals surface area contributed by atoms with E-state index in [0.29, 0.717) is 24.7 Å². The topological polar surface area (TPSA) is 78.7 Å². The second-order valence-corrected chi connectivity index (χ2v) is 5.96. The minimum atomic E-state index is -0.907. The summed E-state index contributed by atoms with van der Waals surface area (Å²) in [6.07, 6.45) is 6.21. The molecule has 7 nitrogen and oxygen atoms in total. The lowest BCUT2D eigenvalue weighted by molar-refractivity contribution is -0.137. The Kier molecular flexibility index (Phi) is 5.54. The number of aromatic nitrogens is 2. The van der Waals surface area contributed by atoms with E-state index in [2.05, 4.69) is 9.88 Å². The van der Waals surface area contributed by atoms with E-state index in [-0.39, 0.29) is 12.5 Å². The van der Waals surface area contributed by atoms with Crippen molar-refractivity contribution in [3.05, 3.63) is 18.2 Å². The predicted molar refractivity (Wildman–Crippen MR) is 81.5 cm³/mol. The number of piperidine rings is 1. The molecule has 0 saturated carbocycles. The molecule has 1 aliphatic rings. The Hall–Kier alpha value is -1.89. The first-order valence-electron chi connectivity index (χ1n) is 7.63. The van der Waals surface area contributed by atoms with Crippen molar-refractivity contribution in [3.63, 3.8) is 0 Å². The summed E-state index contributed by atoms with van der Waals surface area (Å²) in [4.78, 5) is 31.4. The molecule has 2 rings (SSSR count). The molecule has 22 heavy (non-hydrogen) atoms. The fourth-order valence-electron chi connectivity index (χ4n) is 2.84. The Morgan fingerprint density at radius 3 is 2.91 bits per heavy atom. The zero-order valence-electron chi connectivity index (χ0n) is 13.2. The van der Waals surface area contributed by atoms with Crippen LogP contribution in [0.25, 0.3) is 0 Å². The molecule has 1 aromatic rings. The minimum absolute atomic E-state index is 0.115. The number of rotatable bonds is 6. The van der Waals surface area contributed by atoms with Crippen LogP contribution in [0.5, 0.6) is 0 Å². The van der Waals surface area contributed by atoms with Gasteiger partial charge in [0.15, 0.2) is 0 Å². The van der Waals surface area contributed by atoms with Gasteiger partial charge in [-0.05, 0) is 26.9 Å². The van der Waals surface area contributed by atoms with Crippen molar-refractivity contribution in [1.82, 2.24) is 19.4 Å². The van der Waals surface area contributed by atoms with Gasteiger partial charge in [0, 0.05) is 44.4 Å². The number of carbonyl (C=O) groups is 2. The fraction of sp³-hybridized carbons (Fsp3) is 0.667. The van der Waals surface area contributed by atoms with E-state index in [9.17, 15) is 9.59 Å². The van der Waals surface area contributed by atoms with Crippen molar-refractivity contribution in [2.45, 2.75) is 38.3 Å². The molecule has 1 N–H and O–H groups in total. The van der Waals surface area contributed by atoms with Gasteiger partial charge in [-0.3, -0.25) is 9.59 Å². The second kappa shape index (κ2) is 7.40. The Labute approximate surface area is 130 Å². The molecule has 7 heteroatoms. The van der Waals surface area contributed by atoms with E-state index in [1.54, 1.807) is 17.0 Å². The van der Waals surface area contributed by atoms with Crippen molar-refractivity contribution in [2.24, 2.45) is 0 Å². The van der Waals surface area contributed by atoms with E-state index < -0.39 is 5.97 Å². The van der Waals surface area contributed by atoms with Crippen molar-refractivity contribution >= 4 is 11.9 Å². The van der Waals surface area contributed by atoms with Gasteiger partial charge in [0.25, 0.3) is 0 Å². The molecular formula is C15H24N4O3. The van der Waals surface area contributed by atoms with Crippen LogP contribution in [0.4, 0.5) is 0 Å². The third kappa shape index (κ3) is 4.30. The summed E-state index contributed by atoms with van der Waals surface area (Å²) in [6, 6.07) is 0.423. The SMILES string of the molecule is CN(C)C1CCCN(C(=O)CCc2nccn2CC(=O)O)C1. The number of carbonyl (C=O) groups excluding carboxylic acids is 1. The number of aliphatic carboxylic acids is 1. The second-order valence-electron chi connectivity index (χ2n) is 5.96. The van der Waals surface area contributed by atoms with Gasteiger partial charge in [-0.2, -0.15) is 0 Å². The molecule has 0 spiro atoms. The van der Waals surface area contributed by atoms with Crippen LogP contribution in [-0.2, 0) is 22.6 Å². The summed E-state index contributed by atoms with van der Waals surface area (Å²) in [6.45, 7) is 1.47. The first-order valence-corrected chi connectivity index (χ1v) is 7.63. The molecule has 1 atom stereocenters. The highest BCUT2D eigenvalue weighted by Gasteiger charge is 2.24. The van der Waals surface area contributed by atoms with Crippen LogP contribution in [0, 0.1) is 0 Å². The normalized spacial score (nSPS) is 18.7. The Bertz CT molecular complexity index is 527. The van der Waals surface area contributed by atoms with E-state index in [1.165, 1.54) is 0 Å². The molecule has 122 valence electrons. The first-order chi connectivity index (χ1) is 10.5. The van der Waals surface area contributed by atoms with Gasteiger partial charge in [0.1, 0.15) is 12.4 Å². The third-order valence-electron chi connectivity index (χ3n) is 4.15. The predicted octanol–water partition coefficient (Wildman–Crippen LogP) is 0.453. The number of carboxylic acid groups (broad SMARTS) is 1. The third-order valence-corrected chi connectivity index (χ3v) is 4.15. The molecule has 0 aromatic carbocycles. The fourth-order valence-corrected chi connectivity index (χ4v) is 2.84. The number of amides is 1. The van der Waals surface area contributed by atoms with Crippen LogP contribution in [0.2, 0.25) is 0 Å². The number of likely N-dealkylation sites (tertiary alicyclic amines) is 1.